The number of benzene rings is 1. The Morgan fingerprint density at radius 1 is 1.36 bits per heavy atom. The van der Waals surface area contributed by atoms with Crippen molar-refractivity contribution in [2.75, 3.05) is 0 Å². The van der Waals surface area contributed by atoms with E-state index in [9.17, 15) is 19.7 Å². The smallest absolute Gasteiger partial charge is 0.342 e. The number of furan rings is 1. The fourth-order valence-electron chi connectivity index (χ4n) is 2.33. The van der Waals surface area contributed by atoms with Gasteiger partial charge in [0, 0.05) is 17.7 Å². The van der Waals surface area contributed by atoms with Crippen molar-refractivity contribution in [1.82, 2.24) is 5.01 Å². The number of rotatable bonds is 3. The van der Waals surface area contributed by atoms with Gasteiger partial charge in [0.25, 0.3) is 11.6 Å². The van der Waals surface area contributed by atoms with Crippen molar-refractivity contribution in [3.8, 4) is 11.3 Å². The first-order valence-corrected chi connectivity index (χ1v) is 7.12. The van der Waals surface area contributed by atoms with Gasteiger partial charge in [-0.3, -0.25) is 14.9 Å². The largest absolute Gasteiger partial charge is 0.457 e. The summed E-state index contributed by atoms with van der Waals surface area (Å²) < 4.78 is 5.62. The maximum absolute atomic E-state index is 12.1. The topological polar surface area (TPSA) is 132 Å². The Morgan fingerprint density at radius 3 is 2.76 bits per heavy atom. The average molecular weight is 340 g/mol. The Balaban J connectivity index is 1.91. The van der Waals surface area contributed by atoms with Gasteiger partial charge in [0.1, 0.15) is 11.5 Å². The van der Waals surface area contributed by atoms with Gasteiger partial charge in [0.2, 0.25) is 0 Å². The van der Waals surface area contributed by atoms with Gasteiger partial charge in [0.05, 0.1) is 16.2 Å². The van der Waals surface area contributed by atoms with Crippen LogP contribution in [0.15, 0.2) is 51.5 Å². The second kappa shape index (κ2) is 6.04. The zero-order chi connectivity index (χ0) is 18.1. The molecule has 0 fully saturated rings. The third-order valence-corrected chi connectivity index (χ3v) is 3.53. The summed E-state index contributed by atoms with van der Waals surface area (Å²) in [6, 6.07) is 8.26. The number of amides is 3. The number of primary amides is 1. The standard InChI is InChI=1S/C16H12N4O5/c1-9-13(15(21)19(18-9)16(17)22)8-12-5-6-14(25-12)10-3-2-4-11(7-10)20(23)24/h2-8H,1H3,(H2,17,22). The summed E-state index contributed by atoms with van der Waals surface area (Å²) >= 11 is 0. The molecule has 0 spiro atoms. The highest BCUT2D eigenvalue weighted by molar-refractivity contribution is 6.29. The van der Waals surface area contributed by atoms with E-state index in [4.69, 9.17) is 10.2 Å². The van der Waals surface area contributed by atoms with Gasteiger partial charge in [-0.15, -0.1) is 5.01 Å². The number of nitrogens with two attached hydrogens (primary N) is 1. The zero-order valence-electron chi connectivity index (χ0n) is 13.0. The van der Waals surface area contributed by atoms with E-state index in [1.54, 1.807) is 31.2 Å². The SMILES string of the molecule is CC1=NN(C(N)=O)C(=O)C1=Cc1ccc(-c2cccc([N+](=O)[O-])c2)o1. The van der Waals surface area contributed by atoms with Crippen molar-refractivity contribution in [2.24, 2.45) is 10.8 Å². The van der Waals surface area contributed by atoms with Gasteiger partial charge >= 0.3 is 6.03 Å². The average Bonchev–Trinajstić information content (AvgIpc) is 3.15. The predicted octanol–water partition coefficient (Wildman–Crippen LogP) is 2.54. The number of carbonyl (C=O) groups is 2. The summed E-state index contributed by atoms with van der Waals surface area (Å²) in [7, 11) is 0. The van der Waals surface area contributed by atoms with Crippen LogP contribution >= 0.6 is 0 Å². The maximum atomic E-state index is 12.1. The minimum atomic E-state index is -0.968. The Hall–Kier alpha value is -3.75. The third kappa shape index (κ3) is 3.02. The highest BCUT2D eigenvalue weighted by Gasteiger charge is 2.31. The summed E-state index contributed by atoms with van der Waals surface area (Å²) in [6.45, 7) is 1.57. The molecule has 2 aromatic rings. The van der Waals surface area contributed by atoms with Gasteiger partial charge in [-0.1, -0.05) is 12.1 Å². The molecule has 9 nitrogen and oxygen atoms in total. The number of imide groups is 1. The molecule has 2 N–H and O–H groups in total. The number of non-ortho nitro benzene ring substituents is 1. The van der Waals surface area contributed by atoms with Gasteiger partial charge in [-0.25, -0.2) is 4.79 Å². The first kappa shape index (κ1) is 16.1. The van der Waals surface area contributed by atoms with Crippen LogP contribution in [0.25, 0.3) is 17.4 Å². The van der Waals surface area contributed by atoms with Crippen LogP contribution in [0, 0.1) is 10.1 Å². The molecular weight excluding hydrogens is 328 g/mol. The molecule has 3 rings (SSSR count). The number of hydrogen-bond donors (Lipinski definition) is 1. The van der Waals surface area contributed by atoms with E-state index in [-0.39, 0.29) is 11.3 Å². The molecule has 0 unspecified atom stereocenters. The van der Waals surface area contributed by atoms with E-state index < -0.39 is 16.9 Å². The molecule has 0 aliphatic carbocycles. The van der Waals surface area contributed by atoms with Crippen LogP contribution in [-0.4, -0.2) is 27.6 Å². The number of carbonyl (C=O) groups excluding carboxylic acids is 2. The molecular formula is C16H12N4O5. The van der Waals surface area contributed by atoms with Crippen molar-refractivity contribution < 1.29 is 18.9 Å². The molecule has 0 bridgehead atoms. The molecule has 126 valence electrons. The van der Waals surface area contributed by atoms with Gasteiger partial charge in [0.15, 0.2) is 0 Å². The molecule has 0 radical (unpaired) electrons. The Bertz CT molecular complexity index is 957. The van der Waals surface area contributed by atoms with Gasteiger partial charge in [-0.05, 0) is 25.1 Å². The van der Waals surface area contributed by atoms with Crippen LogP contribution in [0.3, 0.4) is 0 Å². The molecule has 0 saturated heterocycles. The van der Waals surface area contributed by atoms with E-state index in [2.05, 4.69) is 5.10 Å². The lowest BCUT2D eigenvalue weighted by atomic mass is 10.1. The van der Waals surface area contributed by atoms with E-state index in [1.807, 2.05) is 0 Å². The summed E-state index contributed by atoms with van der Waals surface area (Å²) in [6.07, 6.45) is 1.44. The lowest BCUT2D eigenvalue weighted by molar-refractivity contribution is -0.384. The molecule has 2 heterocycles. The number of nitro groups is 1. The molecule has 3 amide bonds. The Labute approximate surface area is 141 Å². The van der Waals surface area contributed by atoms with E-state index in [0.29, 0.717) is 27.8 Å². The van der Waals surface area contributed by atoms with Crippen LogP contribution in [-0.2, 0) is 4.79 Å². The first-order chi connectivity index (χ1) is 11.9. The minimum Gasteiger partial charge on any atom is -0.457 e. The lowest BCUT2D eigenvalue weighted by Crippen LogP contribution is -2.33. The van der Waals surface area contributed by atoms with Crippen LogP contribution in [0.1, 0.15) is 12.7 Å². The summed E-state index contributed by atoms with van der Waals surface area (Å²) in [5.74, 6) is 0.103. The van der Waals surface area contributed by atoms with E-state index in [1.165, 1.54) is 18.2 Å². The molecule has 0 saturated carbocycles. The van der Waals surface area contributed by atoms with Crippen molar-refractivity contribution in [2.45, 2.75) is 6.92 Å². The summed E-state index contributed by atoms with van der Waals surface area (Å²) in [4.78, 5) is 33.6. The van der Waals surface area contributed by atoms with Crippen molar-refractivity contribution in [3.63, 3.8) is 0 Å². The van der Waals surface area contributed by atoms with E-state index in [0.717, 1.165) is 0 Å². The predicted molar refractivity (Wildman–Crippen MR) is 88.3 cm³/mol. The third-order valence-electron chi connectivity index (χ3n) is 3.53. The highest BCUT2D eigenvalue weighted by atomic mass is 16.6. The van der Waals surface area contributed by atoms with Gasteiger partial charge < -0.3 is 10.2 Å². The maximum Gasteiger partial charge on any atom is 0.342 e. The second-order valence-electron chi connectivity index (χ2n) is 5.21. The molecule has 9 heteroatoms. The normalized spacial score (nSPS) is 15.6. The first-order valence-electron chi connectivity index (χ1n) is 7.12. The number of nitro benzene ring substituents is 1. The minimum absolute atomic E-state index is 0.0557. The molecule has 25 heavy (non-hydrogen) atoms. The highest BCUT2D eigenvalue weighted by Crippen LogP contribution is 2.27. The monoisotopic (exact) mass is 340 g/mol. The fourth-order valence-corrected chi connectivity index (χ4v) is 2.33. The Morgan fingerprint density at radius 2 is 2.12 bits per heavy atom. The van der Waals surface area contributed by atoms with Gasteiger partial charge in [-0.2, -0.15) is 5.10 Å². The van der Waals surface area contributed by atoms with Crippen molar-refractivity contribution in [3.05, 3.63) is 57.8 Å². The van der Waals surface area contributed by atoms with Crippen LogP contribution in [0.4, 0.5) is 10.5 Å². The van der Waals surface area contributed by atoms with Crippen LogP contribution < -0.4 is 5.73 Å². The van der Waals surface area contributed by atoms with Crippen molar-refractivity contribution >= 4 is 29.4 Å². The lowest BCUT2D eigenvalue weighted by Gasteiger charge is -2.03. The van der Waals surface area contributed by atoms with E-state index >= 15 is 0 Å². The quantitative estimate of drug-likeness (QED) is 0.521. The fraction of sp³-hybridized carbons (Fsp3) is 0.0625. The number of hydrogen-bond acceptors (Lipinski definition) is 6. The van der Waals surface area contributed by atoms with Crippen LogP contribution in [0.2, 0.25) is 0 Å². The zero-order valence-corrected chi connectivity index (χ0v) is 13.0. The molecule has 1 aromatic heterocycles. The Kier molecular flexibility index (Phi) is 3.89. The molecule has 0 atom stereocenters. The summed E-state index contributed by atoms with van der Waals surface area (Å²) in [5.41, 5.74) is 6.06. The van der Waals surface area contributed by atoms with Crippen LogP contribution in [0.5, 0.6) is 0 Å². The number of nitrogens with zero attached hydrogens (tertiary/aromatic N) is 3. The number of hydrazone groups is 1. The van der Waals surface area contributed by atoms with Crippen molar-refractivity contribution in [1.29, 1.82) is 0 Å². The number of urea groups is 1. The molecule has 1 aromatic carbocycles. The molecule has 1 aliphatic heterocycles. The molecule has 1 aliphatic rings. The summed E-state index contributed by atoms with van der Waals surface area (Å²) in [5, 5.41) is 15.2. The second-order valence-corrected chi connectivity index (χ2v) is 5.21.